The van der Waals surface area contributed by atoms with Gasteiger partial charge in [-0.1, -0.05) is 0 Å². The van der Waals surface area contributed by atoms with Gasteiger partial charge in [-0.2, -0.15) is 0 Å². The zero-order valence-electron chi connectivity index (χ0n) is 8.48. The Morgan fingerprint density at radius 1 is 1.47 bits per heavy atom. The van der Waals surface area contributed by atoms with Crippen LogP contribution in [-0.4, -0.2) is 44.0 Å². The van der Waals surface area contributed by atoms with Crippen molar-refractivity contribution in [2.45, 2.75) is 31.2 Å². The number of nitrogens with two attached hydrogens (primary N) is 1. The third-order valence-corrected chi connectivity index (χ3v) is 2.67. The van der Waals surface area contributed by atoms with Gasteiger partial charge in [-0.25, -0.2) is 5.84 Å². The molecule has 2 rings (SSSR count). The van der Waals surface area contributed by atoms with Crippen LogP contribution < -0.4 is 11.3 Å². The SMILES string of the molecule is NNC(=O)C1CCC(COC2COC2)O1. The van der Waals surface area contributed by atoms with Gasteiger partial charge in [-0.3, -0.25) is 10.2 Å². The van der Waals surface area contributed by atoms with E-state index in [1.807, 2.05) is 0 Å². The summed E-state index contributed by atoms with van der Waals surface area (Å²) in [5, 5.41) is 0. The van der Waals surface area contributed by atoms with Crippen molar-refractivity contribution in [2.75, 3.05) is 19.8 Å². The van der Waals surface area contributed by atoms with Crippen molar-refractivity contribution in [3.05, 3.63) is 0 Å². The van der Waals surface area contributed by atoms with Gasteiger partial charge in [0, 0.05) is 0 Å². The molecule has 15 heavy (non-hydrogen) atoms. The predicted octanol–water partition coefficient (Wildman–Crippen LogP) is -1.06. The van der Waals surface area contributed by atoms with Crippen molar-refractivity contribution < 1.29 is 19.0 Å². The summed E-state index contributed by atoms with van der Waals surface area (Å²) < 4.78 is 16.0. The van der Waals surface area contributed by atoms with E-state index in [2.05, 4.69) is 5.43 Å². The molecule has 2 atom stereocenters. The third-order valence-electron chi connectivity index (χ3n) is 2.67. The Labute approximate surface area is 88.0 Å². The molecule has 0 aromatic rings. The van der Waals surface area contributed by atoms with E-state index in [1.54, 1.807) is 0 Å². The second kappa shape index (κ2) is 4.89. The van der Waals surface area contributed by atoms with Crippen LogP contribution in [0.25, 0.3) is 0 Å². The summed E-state index contributed by atoms with van der Waals surface area (Å²) in [4.78, 5) is 11.1. The van der Waals surface area contributed by atoms with Gasteiger partial charge in [0.15, 0.2) is 0 Å². The van der Waals surface area contributed by atoms with Gasteiger partial charge in [-0.05, 0) is 12.8 Å². The van der Waals surface area contributed by atoms with Gasteiger partial charge in [0.2, 0.25) is 0 Å². The minimum Gasteiger partial charge on any atom is -0.376 e. The molecule has 3 N–H and O–H groups in total. The average molecular weight is 216 g/mol. The lowest BCUT2D eigenvalue weighted by Crippen LogP contribution is -2.40. The van der Waals surface area contributed by atoms with E-state index in [0.717, 1.165) is 6.42 Å². The first-order chi connectivity index (χ1) is 7.29. The lowest BCUT2D eigenvalue weighted by atomic mass is 10.2. The molecule has 0 aromatic carbocycles. The smallest absolute Gasteiger partial charge is 0.263 e. The molecule has 6 heteroatoms. The molecule has 6 nitrogen and oxygen atoms in total. The number of hydrazine groups is 1. The van der Waals surface area contributed by atoms with E-state index >= 15 is 0 Å². The van der Waals surface area contributed by atoms with Gasteiger partial charge < -0.3 is 14.2 Å². The zero-order valence-corrected chi connectivity index (χ0v) is 8.48. The van der Waals surface area contributed by atoms with Crippen molar-refractivity contribution in [1.82, 2.24) is 5.43 Å². The van der Waals surface area contributed by atoms with E-state index < -0.39 is 6.10 Å². The normalized spacial score (nSPS) is 31.3. The number of ether oxygens (including phenoxy) is 3. The Kier molecular flexibility index (Phi) is 3.53. The summed E-state index contributed by atoms with van der Waals surface area (Å²) in [6.45, 7) is 1.86. The molecule has 2 heterocycles. The maximum Gasteiger partial charge on any atom is 0.263 e. The van der Waals surface area contributed by atoms with Crippen LogP contribution in [0.2, 0.25) is 0 Å². The first kappa shape index (κ1) is 10.8. The molecule has 0 saturated carbocycles. The van der Waals surface area contributed by atoms with E-state index in [0.29, 0.717) is 26.2 Å². The number of carbonyl (C=O) groups is 1. The van der Waals surface area contributed by atoms with Crippen LogP contribution in [-0.2, 0) is 19.0 Å². The van der Waals surface area contributed by atoms with Crippen LogP contribution in [0.15, 0.2) is 0 Å². The Bertz CT molecular complexity index is 232. The average Bonchev–Trinajstić information content (AvgIpc) is 2.63. The Hall–Kier alpha value is -0.690. The molecule has 2 saturated heterocycles. The number of nitrogens with one attached hydrogen (secondary N) is 1. The first-order valence-corrected chi connectivity index (χ1v) is 5.15. The second-order valence-corrected chi connectivity index (χ2v) is 3.83. The molecule has 2 aliphatic heterocycles. The molecule has 0 spiro atoms. The standard InChI is InChI=1S/C9H16N2O4/c10-11-9(12)8-2-1-6(15-8)5-14-7-3-13-4-7/h6-8H,1-5,10H2,(H,11,12). The van der Waals surface area contributed by atoms with E-state index in [9.17, 15) is 4.79 Å². The van der Waals surface area contributed by atoms with E-state index in [4.69, 9.17) is 20.1 Å². The van der Waals surface area contributed by atoms with Gasteiger partial charge in [0.1, 0.15) is 12.2 Å². The highest BCUT2D eigenvalue weighted by atomic mass is 16.6. The number of rotatable bonds is 4. The highest BCUT2D eigenvalue weighted by Crippen LogP contribution is 2.20. The molecule has 2 aliphatic rings. The first-order valence-electron chi connectivity index (χ1n) is 5.15. The summed E-state index contributed by atoms with van der Waals surface area (Å²) in [6.07, 6.45) is 1.34. The minimum absolute atomic E-state index is 0.00731. The summed E-state index contributed by atoms with van der Waals surface area (Å²) in [5.41, 5.74) is 2.09. The summed E-state index contributed by atoms with van der Waals surface area (Å²) in [5.74, 6) is 4.76. The molecule has 2 unspecified atom stereocenters. The molecule has 86 valence electrons. The van der Waals surface area contributed by atoms with Gasteiger partial charge in [0.25, 0.3) is 5.91 Å². The van der Waals surface area contributed by atoms with Crippen molar-refractivity contribution >= 4 is 5.91 Å². The van der Waals surface area contributed by atoms with Gasteiger partial charge in [-0.15, -0.1) is 0 Å². The lowest BCUT2D eigenvalue weighted by Gasteiger charge is -2.27. The highest BCUT2D eigenvalue weighted by molar-refractivity contribution is 5.80. The van der Waals surface area contributed by atoms with Crippen molar-refractivity contribution in [1.29, 1.82) is 0 Å². The number of carbonyl (C=O) groups excluding carboxylic acids is 1. The van der Waals surface area contributed by atoms with E-state index in [1.165, 1.54) is 0 Å². The number of hydrogen-bond donors (Lipinski definition) is 2. The van der Waals surface area contributed by atoms with Crippen molar-refractivity contribution in [3.63, 3.8) is 0 Å². The van der Waals surface area contributed by atoms with Crippen LogP contribution in [0.1, 0.15) is 12.8 Å². The summed E-state index contributed by atoms with van der Waals surface area (Å²) >= 11 is 0. The Morgan fingerprint density at radius 3 is 2.87 bits per heavy atom. The molecule has 0 aromatic heterocycles. The Balaban J connectivity index is 1.65. The molecular formula is C9H16N2O4. The van der Waals surface area contributed by atoms with Crippen LogP contribution in [0.5, 0.6) is 0 Å². The van der Waals surface area contributed by atoms with Crippen molar-refractivity contribution in [2.24, 2.45) is 5.84 Å². The van der Waals surface area contributed by atoms with Crippen LogP contribution in [0.4, 0.5) is 0 Å². The van der Waals surface area contributed by atoms with Gasteiger partial charge in [0.05, 0.1) is 25.9 Å². The summed E-state index contributed by atoms with van der Waals surface area (Å²) in [7, 11) is 0. The third kappa shape index (κ3) is 2.66. The zero-order chi connectivity index (χ0) is 10.7. The largest absolute Gasteiger partial charge is 0.376 e. The van der Waals surface area contributed by atoms with Crippen LogP contribution in [0, 0.1) is 0 Å². The Morgan fingerprint density at radius 2 is 2.27 bits per heavy atom. The molecule has 0 bridgehead atoms. The molecule has 0 aliphatic carbocycles. The fraction of sp³-hybridized carbons (Fsp3) is 0.889. The van der Waals surface area contributed by atoms with Gasteiger partial charge >= 0.3 is 0 Å². The van der Waals surface area contributed by atoms with Crippen LogP contribution in [0.3, 0.4) is 0 Å². The highest BCUT2D eigenvalue weighted by Gasteiger charge is 2.31. The van der Waals surface area contributed by atoms with E-state index in [-0.39, 0.29) is 18.1 Å². The summed E-state index contributed by atoms with van der Waals surface area (Å²) in [6, 6.07) is 0. The quantitative estimate of drug-likeness (QED) is 0.355. The molecular weight excluding hydrogens is 200 g/mol. The number of hydrogen-bond acceptors (Lipinski definition) is 5. The fourth-order valence-corrected chi connectivity index (χ4v) is 1.67. The van der Waals surface area contributed by atoms with Crippen LogP contribution >= 0.6 is 0 Å². The maximum atomic E-state index is 11.1. The predicted molar refractivity (Wildman–Crippen MR) is 50.8 cm³/mol. The second-order valence-electron chi connectivity index (χ2n) is 3.83. The van der Waals surface area contributed by atoms with Crippen molar-refractivity contribution in [3.8, 4) is 0 Å². The molecule has 1 amide bonds. The topological polar surface area (TPSA) is 82.8 Å². The fourth-order valence-electron chi connectivity index (χ4n) is 1.67. The minimum atomic E-state index is -0.416. The molecule has 0 radical (unpaired) electrons. The number of amides is 1. The monoisotopic (exact) mass is 216 g/mol. The molecule has 2 fully saturated rings. The lowest BCUT2D eigenvalue weighted by molar-refractivity contribution is -0.152. The maximum absolute atomic E-state index is 11.1.